The predicted molar refractivity (Wildman–Crippen MR) is 122 cm³/mol. The molecule has 0 aromatic carbocycles. The largest absolute Gasteiger partial charge is 0.329 e. The van der Waals surface area contributed by atoms with Gasteiger partial charge in [0.1, 0.15) is 11.4 Å². The molecule has 0 bridgehead atoms. The van der Waals surface area contributed by atoms with Crippen LogP contribution >= 0.6 is 11.3 Å². The zero-order valence-corrected chi connectivity index (χ0v) is 19.1. The molecule has 0 radical (unpaired) electrons. The average molecular weight is 437 g/mol. The van der Waals surface area contributed by atoms with E-state index in [-0.39, 0.29) is 17.5 Å². The van der Waals surface area contributed by atoms with Gasteiger partial charge < -0.3 is 14.0 Å². The van der Waals surface area contributed by atoms with Crippen LogP contribution < -0.4 is 5.56 Å². The normalized spacial score (nSPS) is 20.6. The third-order valence-corrected chi connectivity index (χ3v) is 7.97. The molecule has 0 spiro atoms. The monoisotopic (exact) mass is 436 g/mol. The van der Waals surface area contributed by atoms with Crippen LogP contribution in [0.25, 0.3) is 5.69 Å². The smallest absolute Gasteiger partial charge is 0.275 e. The second-order valence-electron chi connectivity index (χ2n) is 8.90. The molecule has 2 unspecified atom stereocenters. The molecule has 6 nitrogen and oxygen atoms in total. The Kier molecular flexibility index (Phi) is 5.08. The fourth-order valence-corrected chi connectivity index (χ4v) is 6.14. The number of pyridine rings is 1. The molecule has 3 aromatic rings. The number of carbonyl (C=O) groups is 1. The van der Waals surface area contributed by atoms with Crippen molar-refractivity contribution in [3.8, 4) is 5.69 Å². The van der Waals surface area contributed by atoms with E-state index in [0.29, 0.717) is 24.5 Å². The van der Waals surface area contributed by atoms with E-state index in [1.54, 1.807) is 27.6 Å². The molecule has 31 heavy (non-hydrogen) atoms. The van der Waals surface area contributed by atoms with E-state index in [2.05, 4.69) is 17.3 Å². The Hall–Kier alpha value is -2.67. The van der Waals surface area contributed by atoms with Crippen LogP contribution in [0.2, 0.25) is 0 Å². The van der Waals surface area contributed by atoms with Crippen molar-refractivity contribution < 1.29 is 4.79 Å². The molecule has 4 heterocycles. The number of imidazole rings is 1. The number of fused-ring (bicyclic) bond motifs is 2. The summed E-state index contributed by atoms with van der Waals surface area (Å²) < 4.78 is 3.36. The second kappa shape index (κ2) is 7.79. The SMILES string of the molecule is CCC1CCc2c(CN3C(=O)c4ccc(-n5cnc(C)c5)c(=O)n4CC3C)csc2C1. The van der Waals surface area contributed by atoms with Crippen LogP contribution in [0.1, 0.15) is 58.9 Å². The summed E-state index contributed by atoms with van der Waals surface area (Å²) in [5.41, 5.74) is 4.45. The van der Waals surface area contributed by atoms with Gasteiger partial charge in [-0.3, -0.25) is 9.59 Å². The van der Waals surface area contributed by atoms with Crippen molar-refractivity contribution in [2.45, 2.75) is 65.6 Å². The molecule has 0 fully saturated rings. The van der Waals surface area contributed by atoms with E-state index in [1.807, 2.05) is 36.3 Å². The highest BCUT2D eigenvalue weighted by Crippen LogP contribution is 2.35. The van der Waals surface area contributed by atoms with Gasteiger partial charge in [0.25, 0.3) is 11.5 Å². The van der Waals surface area contributed by atoms with Crippen molar-refractivity contribution in [2.75, 3.05) is 0 Å². The van der Waals surface area contributed by atoms with Crippen LogP contribution in [0, 0.1) is 12.8 Å². The second-order valence-corrected chi connectivity index (χ2v) is 9.87. The molecule has 5 rings (SSSR count). The maximum atomic E-state index is 13.4. The van der Waals surface area contributed by atoms with Crippen LogP contribution in [0.3, 0.4) is 0 Å². The first-order valence-corrected chi connectivity index (χ1v) is 12.0. The molecule has 2 aliphatic rings. The predicted octanol–water partition coefficient (Wildman–Crippen LogP) is 3.96. The lowest BCUT2D eigenvalue weighted by atomic mass is 9.86. The third kappa shape index (κ3) is 3.45. The molecule has 162 valence electrons. The minimum absolute atomic E-state index is 0.0417. The van der Waals surface area contributed by atoms with Gasteiger partial charge in [-0.15, -0.1) is 11.3 Å². The first-order chi connectivity index (χ1) is 15.0. The Morgan fingerprint density at radius 2 is 2.10 bits per heavy atom. The summed E-state index contributed by atoms with van der Waals surface area (Å²) in [5.74, 6) is 0.730. The van der Waals surface area contributed by atoms with Gasteiger partial charge in [-0.1, -0.05) is 13.3 Å². The van der Waals surface area contributed by atoms with Gasteiger partial charge >= 0.3 is 0 Å². The van der Waals surface area contributed by atoms with E-state index in [0.717, 1.165) is 18.0 Å². The van der Waals surface area contributed by atoms with Gasteiger partial charge in [-0.05, 0) is 67.7 Å². The number of aromatic nitrogens is 3. The molecule has 7 heteroatoms. The van der Waals surface area contributed by atoms with E-state index in [9.17, 15) is 9.59 Å². The molecule has 0 N–H and O–H groups in total. The van der Waals surface area contributed by atoms with Gasteiger partial charge in [-0.25, -0.2) is 4.98 Å². The Morgan fingerprint density at radius 3 is 2.84 bits per heavy atom. The third-order valence-electron chi connectivity index (χ3n) is 6.87. The lowest BCUT2D eigenvalue weighted by Crippen LogP contribution is -2.49. The number of amides is 1. The summed E-state index contributed by atoms with van der Waals surface area (Å²) >= 11 is 1.85. The first kappa shape index (κ1) is 20.2. The molecule has 1 aliphatic carbocycles. The maximum Gasteiger partial charge on any atom is 0.275 e. The highest BCUT2D eigenvalue weighted by molar-refractivity contribution is 7.10. The highest BCUT2D eigenvalue weighted by Gasteiger charge is 2.32. The van der Waals surface area contributed by atoms with Crippen LogP contribution in [0.4, 0.5) is 0 Å². The molecular weight excluding hydrogens is 408 g/mol. The van der Waals surface area contributed by atoms with Crippen molar-refractivity contribution in [1.82, 2.24) is 19.0 Å². The first-order valence-electron chi connectivity index (χ1n) is 11.1. The quantitative estimate of drug-likeness (QED) is 0.622. The minimum Gasteiger partial charge on any atom is -0.329 e. The van der Waals surface area contributed by atoms with Crippen LogP contribution in [0.5, 0.6) is 0 Å². The van der Waals surface area contributed by atoms with Gasteiger partial charge in [0.15, 0.2) is 0 Å². The highest BCUT2D eigenvalue weighted by atomic mass is 32.1. The summed E-state index contributed by atoms with van der Waals surface area (Å²) in [6.07, 6.45) is 8.24. The van der Waals surface area contributed by atoms with Gasteiger partial charge in [0.2, 0.25) is 0 Å². The summed E-state index contributed by atoms with van der Waals surface area (Å²) in [4.78, 5) is 34.2. The number of thiophene rings is 1. The van der Waals surface area contributed by atoms with E-state index < -0.39 is 0 Å². The standard InChI is InChI=1S/C24H28N4O2S/c1-4-17-5-6-19-18(13-31-22(19)9-17)12-27-16(3)11-28-21(24(27)30)8-7-20(23(28)29)26-10-15(2)25-14-26/h7-8,10,13-14,16-17H,4-6,9,11-12H2,1-3H3. The number of nitrogens with zero attached hydrogens (tertiary/aromatic N) is 4. The minimum atomic E-state index is -0.145. The molecule has 3 aromatic heterocycles. The summed E-state index contributed by atoms with van der Waals surface area (Å²) in [7, 11) is 0. The molecule has 1 aliphatic heterocycles. The summed E-state index contributed by atoms with van der Waals surface area (Å²) in [5, 5.41) is 2.24. The van der Waals surface area contributed by atoms with Crippen molar-refractivity contribution >= 4 is 17.2 Å². The van der Waals surface area contributed by atoms with Crippen LogP contribution in [0.15, 0.2) is 34.8 Å². The molecule has 2 atom stereocenters. The lowest BCUT2D eigenvalue weighted by molar-refractivity contribution is 0.0589. The van der Waals surface area contributed by atoms with E-state index >= 15 is 0 Å². The maximum absolute atomic E-state index is 13.4. The number of hydrogen-bond acceptors (Lipinski definition) is 4. The fourth-order valence-electron chi connectivity index (χ4n) is 4.93. The van der Waals surface area contributed by atoms with E-state index in [1.165, 1.54) is 35.3 Å². The molecule has 1 amide bonds. The molecule has 0 saturated heterocycles. The Balaban J connectivity index is 1.44. The van der Waals surface area contributed by atoms with Crippen molar-refractivity contribution in [3.05, 3.63) is 67.8 Å². The summed E-state index contributed by atoms with van der Waals surface area (Å²) in [6, 6.07) is 3.47. The number of hydrogen-bond donors (Lipinski definition) is 0. The van der Waals surface area contributed by atoms with Crippen molar-refractivity contribution in [3.63, 3.8) is 0 Å². The number of carbonyl (C=O) groups excluding carboxylic acids is 1. The lowest BCUT2D eigenvalue weighted by Gasteiger charge is -2.36. The molecule has 0 saturated carbocycles. The Bertz CT molecular complexity index is 1200. The Morgan fingerprint density at radius 1 is 1.26 bits per heavy atom. The zero-order valence-electron chi connectivity index (χ0n) is 18.3. The van der Waals surface area contributed by atoms with Gasteiger partial charge in [0, 0.05) is 30.2 Å². The number of aryl methyl sites for hydroxylation is 1. The van der Waals surface area contributed by atoms with Crippen molar-refractivity contribution in [1.29, 1.82) is 0 Å². The average Bonchev–Trinajstić information content (AvgIpc) is 3.37. The van der Waals surface area contributed by atoms with Crippen molar-refractivity contribution in [2.24, 2.45) is 5.92 Å². The van der Waals surface area contributed by atoms with Gasteiger partial charge in [0.05, 0.1) is 12.0 Å². The fraction of sp³-hybridized carbons (Fsp3) is 0.458. The Labute approximate surface area is 186 Å². The van der Waals surface area contributed by atoms with Crippen LogP contribution in [-0.2, 0) is 25.9 Å². The molecular formula is C24H28N4O2S. The summed E-state index contributed by atoms with van der Waals surface area (Å²) in [6.45, 7) is 7.33. The van der Waals surface area contributed by atoms with Crippen LogP contribution in [-0.4, -0.2) is 31.0 Å². The topological polar surface area (TPSA) is 60.1 Å². The van der Waals surface area contributed by atoms with E-state index in [4.69, 9.17) is 0 Å². The van der Waals surface area contributed by atoms with Gasteiger partial charge in [-0.2, -0.15) is 0 Å². The zero-order chi connectivity index (χ0) is 21.7. The number of rotatable bonds is 4.